The number of aliphatic imine (C=N–C) groups is 1. The van der Waals surface area contributed by atoms with Gasteiger partial charge in [0, 0.05) is 30.8 Å². The van der Waals surface area contributed by atoms with Crippen molar-refractivity contribution in [2.75, 3.05) is 13.1 Å². The first-order valence-electron chi connectivity index (χ1n) is 7.61. The molecule has 1 aromatic rings. The van der Waals surface area contributed by atoms with Crippen LogP contribution in [0.4, 0.5) is 0 Å². The Hall–Kier alpha value is -0.370. The highest BCUT2D eigenvalue weighted by Crippen LogP contribution is 2.19. The van der Waals surface area contributed by atoms with E-state index < -0.39 is 0 Å². The van der Waals surface area contributed by atoms with Gasteiger partial charge in [-0.15, -0.1) is 35.3 Å². The summed E-state index contributed by atoms with van der Waals surface area (Å²) in [6.45, 7) is 8.18. The molecule has 0 radical (unpaired) electrons. The number of halogens is 1. The van der Waals surface area contributed by atoms with Crippen molar-refractivity contribution in [2.45, 2.75) is 58.8 Å². The van der Waals surface area contributed by atoms with Crippen LogP contribution < -0.4 is 11.1 Å². The van der Waals surface area contributed by atoms with E-state index in [0.29, 0.717) is 11.9 Å². The van der Waals surface area contributed by atoms with Gasteiger partial charge in [0.05, 0.1) is 10.7 Å². The summed E-state index contributed by atoms with van der Waals surface area (Å²) in [7, 11) is 0. The summed E-state index contributed by atoms with van der Waals surface area (Å²) in [6.07, 6.45) is 5.80. The minimum atomic E-state index is 0. The summed E-state index contributed by atoms with van der Waals surface area (Å²) < 4.78 is 0. The fourth-order valence-corrected chi connectivity index (χ4v) is 2.68. The Kier molecular flexibility index (Phi) is 12.0. The number of aromatic nitrogens is 1. The highest BCUT2D eigenvalue weighted by molar-refractivity contribution is 14.0. The third kappa shape index (κ3) is 9.29. The van der Waals surface area contributed by atoms with E-state index in [-0.39, 0.29) is 24.0 Å². The van der Waals surface area contributed by atoms with Crippen LogP contribution in [-0.4, -0.2) is 24.0 Å². The molecular weight excluding hydrogens is 395 g/mol. The molecule has 4 nitrogen and oxygen atoms in total. The van der Waals surface area contributed by atoms with E-state index in [9.17, 15) is 0 Å². The van der Waals surface area contributed by atoms with Gasteiger partial charge < -0.3 is 11.1 Å². The first-order valence-corrected chi connectivity index (χ1v) is 8.49. The van der Waals surface area contributed by atoms with Gasteiger partial charge in [-0.1, -0.05) is 40.0 Å². The van der Waals surface area contributed by atoms with Gasteiger partial charge in [-0.3, -0.25) is 4.99 Å². The summed E-state index contributed by atoms with van der Waals surface area (Å²) in [5.41, 5.74) is 6.97. The van der Waals surface area contributed by atoms with Gasteiger partial charge in [0.25, 0.3) is 0 Å². The van der Waals surface area contributed by atoms with Crippen LogP contribution in [0.2, 0.25) is 0 Å². The van der Waals surface area contributed by atoms with E-state index in [1.54, 1.807) is 11.3 Å². The van der Waals surface area contributed by atoms with Crippen molar-refractivity contribution in [3.8, 4) is 0 Å². The Balaban J connectivity index is 0.00000400. The molecule has 1 heterocycles. The lowest BCUT2D eigenvalue weighted by molar-refractivity contribution is 0.673. The Morgan fingerprint density at radius 2 is 2.14 bits per heavy atom. The quantitative estimate of drug-likeness (QED) is 0.274. The summed E-state index contributed by atoms with van der Waals surface area (Å²) in [5.74, 6) is 1.07. The topological polar surface area (TPSA) is 63.3 Å². The van der Waals surface area contributed by atoms with Crippen molar-refractivity contribution in [3.05, 3.63) is 16.1 Å². The molecule has 0 saturated heterocycles. The number of unbranched alkanes of at least 4 members (excludes halogenated alkanes) is 3. The molecule has 21 heavy (non-hydrogen) atoms. The van der Waals surface area contributed by atoms with Crippen LogP contribution in [0.25, 0.3) is 0 Å². The molecule has 0 atom stereocenters. The second-order valence-corrected chi connectivity index (χ2v) is 6.23. The average molecular weight is 424 g/mol. The van der Waals surface area contributed by atoms with Crippen molar-refractivity contribution in [1.82, 2.24) is 10.3 Å². The van der Waals surface area contributed by atoms with Crippen molar-refractivity contribution in [3.63, 3.8) is 0 Å². The molecule has 0 aliphatic heterocycles. The molecule has 1 rings (SSSR count). The molecular formula is C15H29IN4S. The number of thiazole rings is 1. The molecule has 0 spiro atoms. The molecule has 0 aliphatic carbocycles. The number of guanidine groups is 1. The molecule has 0 fully saturated rings. The van der Waals surface area contributed by atoms with Crippen LogP contribution in [0.3, 0.4) is 0 Å². The van der Waals surface area contributed by atoms with Gasteiger partial charge in [0.2, 0.25) is 0 Å². The van der Waals surface area contributed by atoms with E-state index in [1.807, 2.05) is 0 Å². The SMILES string of the molecule is CCCCCCN=C(N)NCCc1csc(C(C)C)n1.I. The van der Waals surface area contributed by atoms with E-state index in [4.69, 9.17) is 5.73 Å². The number of nitrogens with two attached hydrogens (primary N) is 1. The fourth-order valence-electron chi connectivity index (χ4n) is 1.82. The second-order valence-electron chi connectivity index (χ2n) is 5.34. The highest BCUT2D eigenvalue weighted by atomic mass is 127. The largest absolute Gasteiger partial charge is 0.370 e. The third-order valence-corrected chi connectivity index (χ3v) is 4.24. The van der Waals surface area contributed by atoms with E-state index in [2.05, 4.69) is 41.4 Å². The zero-order valence-corrected chi connectivity index (χ0v) is 16.5. The average Bonchev–Trinajstić information content (AvgIpc) is 2.87. The van der Waals surface area contributed by atoms with Crippen LogP contribution in [0.15, 0.2) is 10.4 Å². The number of hydrogen-bond donors (Lipinski definition) is 2. The molecule has 0 aromatic carbocycles. The molecule has 0 aliphatic rings. The monoisotopic (exact) mass is 424 g/mol. The maximum absolute atomic E-state index is 5.83. The molecule has 1 aromatic heterocycles. The number of hydrogen-bond acceptors (Lipinski definition) is 3. The molecule has 122 valence electrons. The van der Waals surface area contributed by atoms with Crippen LogP contribution in [0, 0.1) is 0 Å². The summed E-state index contributed by atoms with van der Waals surface area (Å²) in [6, 6.07) is 0. The lowest BCUT2D eigenvalue weighted by Gasteiger charge is -2.04. The molecule has 6 heteroatoms. The molecule has 0 bridgehead atoms. The maximum atomic E-state index is 5.83. The van der Waals surface area contributed by atoms with Gasteiger partial charge in [-0.25, -0.2) is 4.98 Å². The Labute approximate surface area is 150 Å². The van der Waals surface area contributed by atoms with Crippen LogP contribution in [0.5, 0.6) is 0 Å². The standard InChI is InChI=1S/C15H28N4S.HI/c1-4-5-6-7-9-17-15(16)18-10-8-13-11-20-14(19-13)12(2)3;/h11-12H,4-10H2,1-3H3,(H3,16,17,18);1H. The molecule has 0 saturated carbocycles. The lowest BCUT2D eigenvalue weighted by Crippen LogP contribution is -2.33. The van der Waals surface area contributed by atoms with Gasteiger partial charge in [0.1, 0.15) is 0 Å². The third-order valence-electron chi connectivity index (χ3n) is 3.04. The normalized spacial score (nSPS) is 11.5. The van der Waals surface area contributed by atoms with Crippen molar-refractivity contribution in [1.29, 1.82) is 0 Å². The van der Waals surface area contributed by atoms with E-state index >= 15 is 0 Å². The van der Waals surface area contributed by atoms with Crippen molar-refractivity contribution in [2.24, 2.45) is 10.7 Å². The maximum Gasteiger partial charge on any atom is 0.188 e. The Morgan fingerprint density at radius 3 is 2.76 bits per heavy atom. The molecule has 0 unspecified atom stereocenters. The zero-order valence-electron chi connectivity index (χ0n) is 13.4. The highest BCUT2D eigenvalue weighted by Gasteiger charge is 2.05. The fraction of sp³-hybridized carbons (Fsp3) is 0.733. The second kappa shape index (κ2) is 12.2. The van der Waals surface area contributed by atoms with E-state index in [0.717, 1.165) is 31.6 Å². The summed E-state index contributed by atoms with van der Waals surface area (Å²) >= 11 is 1.74. The lowest BCUT2D eigenvalue weighted by atomic mass is 10.2. The molecule has 0 amide bonds. The number of nitrogens with zero attached hydrogens (tertiary/aromatic N) is 2. The van der Waals surface area contributed by atoms with Crippen molar-refractivity contribution >= 4 is 41.3 Å². The minimum Gasteiger partial charge on any atom is -0.370 e. The Morgan fingerprint density at radius 1 is 1.38 bits per heavy atom. The number of nitrogens with one attached hydrogen (secondary N) is 1. The molecule has 3 N–H and O–H groups in total. The van der Waals surface area contributed by atoms with Gasteiger partial charge in [-0.2, -0.15) is 0 Å². The van der Waals surface area contributed by atoms with Gasteiger partial charge >= 0.3 is 0 Å². The van der Waals surface area contributed by atoms with Crippen LogP contribution >= 0.6 is 35.3 Å². The number of rotatable bonds is 9. The van der Waals surface area contributed by atoms with E-state index in [1.165, 1.54) is 24.3 Å². The predicted octanol–water partition coefficient (Wildman–Crippen LogP) is 3.91. The van der Waals surface area contributed by atoms with Crippen LogP contribution in [-0.2, 0) is 6.42 Å². The Bertz CT molecular complexity index is 404. The zero-order chi connectivity index (χ0) is 14.8. The first kappa shape index (κ1) is 20.6. The van der Waals surface area contributed by atoms with Gasteiger partial charge in [0.15, 0.2) is 5.96 Å². The van der Waals surface area contributed by atoms with Crippen LogP contribution in [0.1, 0.15) is 63.1 Å². The smallest absolute Gasteiger partial charge is 0.188 e. The van der Waals surface area contributed by atoms with Gasteiger partial charge in [-0.05, 0) is 6.42 Å². The first-order chi connectivity index (χ1) is 9.63. The summed E-state index contributed by atoms with van der Waals surface area (Å²) in [5, 5.41) is 6.49. The summed E-state index contributed by atoms with van der Waals surface area (Å²) in [4.78, 5) is 8.93. The minimum absolute atomic E-state index is 0. The van der Waals surface area contributed by atoms with Crippen molar-refractivity contribution < 1.29 is 0 Å². The predicted molar refractivity (Wildman–Crippen MR) is 104 cm³/mol.